The summed E-state index contributed by atoms with van der Waals surface area (Å²) in [6.45, 7) is 4.14. The van der Waals surface area contributed by atoms with E-state index >= 15 is 0 Å². The molecule has 1 aliphatic carbocycles. The van der Waals surface area contributed by atoms with Gasteiger partial charge in [0.25, 0.3) is 5.91 Å². The number of carbonyl (C=O) groups is 1. The Morgan fingerprint density at radius 1 is 1.27 bits per heavy atom. The Kier molecular flexibility index (Phi) is 4.75. The lowest BCUT2D eigenvalue weighted by Crippen LogP contribution is -2.47. The highest BCUT2D eigenvalue weighted by atomic mass is 16.3. The summed E-state index contributed by atoms with van der Waals surface area (Å²) < 4.78 is 0. The van der Waals surface area contributed by atoms with Crippen molar-refractivity contribution in [1.29, 1.82) is 0 Å². The van der Waals surface area contributed by atoms with Gasteiger partial charge in [0.2, 0.25) is 0 Å². The van der Waals surface area contributed by atoms with Crippen molar-refractivity contribution in [2.75, 3.05) is 18.0 Å². The van der Waals surface area contributed by atoms with E-state index in [0.717, 1.165) is 60.7 Å². The van der Waals surface area contributed by atoms with Gasteiger partial charge in [-0.1, -0.05) is 18.6 Å². The molecule has 7 nitrogen and oxygen atoms in total. The normalized spacial score (nSPS) is 22.4. The van der Waals surface area contributed by atoms with Crippen molar-refractivity contribution in [3.8, 4) is 11.3 Å². The van der Waals surface area contributed by atoms with Gasteiger partial charge in [-0.15, -0.1) is 0 Å². The summed E-state index contributed by atoms with van der Waals surface area (Å²) in [4.78, 5) is 23.9. The maximum absolute atomic E-state index is 12.0. The van der Waals surface area contributed by atoms with Crippen LogP contribution in [0.3, 0.4) is 0 Å². The summed E-state index contributed by atoms with van der Waals surface area (Å²) >= 11 is 0. The molecular formula is C23H29N5O2. The summed E-state index contributed by atoms with van der Waals surface area (Å²) in [5, 5.41) is 12.9. The van der Waals surface area contributed by atoms with E-state index in [9.17, 15) is 9.90 Å². The zero-order valence-corrected chi connectivity index (χ0v) is 17.4. The SMILES string of the molecule is Cc1nc(N2CCC3(CCC[C@H]3N)CC2)c(CO)nc1-c1ccc2c(c1)C(=O)NC2. The minimum absolute atomic E-state index is 0.0520. The van der Waals surface area contributed by atoms with E-state index in [1.165, 1.54) is 12.8 Å². The van der Waals surface area contributed by atoms with Crippen LogP contribution in [0, 0.1) is 12.3 Å². The monoisotopic (exact) mass is 407 g/mol. The van der Waals surface area contributed by atoms with Crippen molar-refractivity contribution in [3.63, 3.8) is 0 Å². The van der Waals surface area contributed by atoms with Crippen LogP contribution in [0.1, 0.15) is 59.4 Å². The third-order valence-electron chi connectivity index (χ3n) is 7.37. The number of aromatic nitrogens is 2. The average molecular weight is 408 g/mol. The zero-order valence-electron chi connectivity index (χ0n) is 17.4. The highest BCUT2D eigenvalue weighted by Crippen LogP contribution is 2.46. The van der Waals surface area contributed by atoms with Gasteiger partial charge in [-0.25, -0.2) is 9.97 Å². The van der Waals surface area contributed by atoms with E-state index in [1.807, 2.05) is 25.1 Å². The largest absolute Gasteiger partial charge is 0.390 e. The number of nitrogens with zero attached hydrogens (tertiary/aromatic N) is 3. The molecule has 1 spiro atoms. The number of benzene rings is 1. The highest BCUT2D eigenvalue weighted by Gasteiger charge is 2.43. The maximum atomic E-state index is 12.0. The van der Waals surface area contributed by atoms with Crippen LogP contribution in [-0.2, 0) is 13.2 Å². The van der Waals surface area contributed by atoms with E-state index in [1.54, 1.807) is 0 Å². The third kappa shape index (κ3) is 3.08. The molecule has 1 aromatic carbocycles. The fourth-order valence-electron chi connectivity index (χ4n) is 5.49. The van der Waals surface area contributed by atoms with Crippen LogP contribution in [0.5, 0.6) is 0 Å². The number of nitrogens with two attached hydrogens (primary N) is 1. The number of aliphatic hydroxyl groups excluding tert-OH is 1. The number of hydrogen-bond acceptors (Lipinski definition) is 6. The van der Waals surface area contributed by atoms with Crippen molar-refractivity contribution < 1.29 is 9.90 Å². The second kappa shape index (κ2) is 7.32. The number of piperidine rings is 1. The molecule has 4 N–H and O–H groups in total. The Hall–Kier alpha value is -2.51. The molecule has 2 fully saturated rings. The first kappa shape index (κ1) is 19.5. The predicted molar refractivity (Wildman–Crippen MR) is 115 cm³/mol. The molecule has 0 unspecified atom stereocenters. The van der Waals surface area contributed by atoms with Crippen molar-refractivity contribution in [2.24, 2.45) is 11.1 Å². The number of fused-ring (bicyclic) bond motifs is 1. The van der Waals surface area contributed by atoms with Crippen LogP contribution in [0.15, 0.2) is 18.2 Å². The molecular weight excluding hydrogens is 378 g/mol. The number of nitrogens with one attached hydrogen (secondary N) is 1. The lowest BCUT2D eigenvalue weighted by molar-refractivity contribution is 0.0966. The Morgan fingerprint density at radius 2 is 2.07 bits per heavy atom. The lowest BCUT2D eigenvalue weighted by Gasteiger charge is -2.42. The second-order valence-corrected chi connectivity index (χ2v) is 8.99. The smallest absolute Gasteiger partial charge is 0.251 e. The van der Waals surface area contributed by atoms with E-state index in [2.05, 4.69) is 10.2 Å². The minimum atomic E-state index is -0.164. The topological polar surface area (TPSA) is 104 Å². The summed E-state index contributed by atoms with van der Waals surface area (Å²) in [6.07, 6.45) is 5.73. The molecule has 1 aromatic heterocycles. The summed E-state index contributed by atoms with van der Waals surface area (Å²) in [7, 11) is 0. The molecule has 0 bridgehead atoms. The quantitative estimate of drug-likeness (QED) is 0.721. The van der Waals surface area contributed by atoms with Crippen molar-refractivity contribution >= 4 is 11.7 Å². The summed E-state index contributed by atoms with van der Waals surface area (Å²) in [5.74, 6) is 0.725. The molecule has 2 aromatic rings. The number of aliphatic hydroxyl groups is 1. The Bertz CT molecular complexity index is 997. The fraction of sp³-hybridized carbons (Fsp3) is 0.522. The van der Waals surface area contributed by atoms with Gasteiger partial charge in [0.05, 0.1) is 18.0 Å². The van der Waals surface area contributed by atoms with Crippen LogP contribution in [0.4, 0.5) is 5.82 Å². The van der Waals surface area contributed by atoms with Crippen LogP contribution in [-0.4, -0.2) is 40.1 Å². The fourth-order valence-corrected chi connectivity index (χ4v) is 5.49. The third-order valence-corrected chi connectivity index (χ3v) is 7.37. The molecule has 2 aliphatic heterocycles. The van der Waals surface area contributed by atoms with Crippen LogP contribution < -0.4 is 16.0 Å². The molecule has 158 valence electrons. The zero-order chi connectivity index (χ0) is 20.9. The van der Waals surface area contributed by atoms with Crippen LogP contribution >= 0.6 is 0 Å². The van der Waals surface area contributed by atoms with Gasteiger partial charge in [0, 0.05) is 36.8 Å². The number of aryl methyl sites for hydroxylation is 1. The molecule has 3 heterocycles. The molecule has 1 saturated carbocycles. The minimum Gasteiger partial charge on any atom is -0.390 e. The second-order valence-electron chi connectivity index (χ2n) is 8.99. The van der Waals surface area contributed by atoms with E-state index < -0.39 is 0 Å². The average Bonchev–Trinajstić information content (AvgIpc) is 3.31. The molecule has 30 heavy (non-hydrogen) atoms. The first-order chi connectivity index (χ1) is 14.5. The van der Waals surface area contributed by atoms with Crippen molar-refractivity contribution in [3.05, 3.63) is 40.7 Å². The van der Waals surface area contributed by atoms with Gasteiger partial charge in [-0.2, -0.15) is 0 Å². The van der Waals surface area contributed by atoms with Crippen LogP contribution in [0.25, 0.3) is 11.3 Å². The van der Waals surface area contributed by atoms with Gasteiger partial charge in [-0.3, -0.25) is 4.79 Å². The maximum Gasteiger partial charge on any atom is 0.251 e. The standard InChI is InChI=1S/C23H29N5O2/c1-14-20(15-4-5-16-12-25-22(30)17(16)11-15)27-18(13-29)21(26-14)28-9-7-23(8-10-28)6-2-3-19(23)24/h4-5,11,19,29H,2-3,6-10,12-13,24H2,1H3,(H,25,30)/t19-/m1/s1. The number of hydrogen-bond donors (Lipinski definition) is 3. The number of anilines is 1. The van der Waals surface area contributed by atoms with Crippen molar-refractivity contribution in [1.82, 2.24) is 15.3 Å². The van der Waals surface area contributed by atoms with Gasteiger partial charge < -0.3 is 21.1 Å². The van der Waals surface area contributed by atoms with Crippen molar-refractivity contribution in [2.45, 2.75) is 58.2 Å². The lowest BCUT2D eigenvalue weighted by atomic mass is 9.74. The van der Waals surface area contributed by atoms with E-state index in [4.69, 9.17) is 15.7 Å². The molecule has 1 saturated heterocycles. The van der Waals surface area contributed by atoms with Gasteiger partial charge in [-0.05, 0) is 49.7 Å². The van der Waals surface area contributed by atoms with E-state index in [-0.39, 0.29) is 17.9 Å². The summed E-state index contributed by atoms with van der Waals surface area (Å²) in [6, 6.07) is 6.12. The molecule has 3 aliphatic rings. The summed E-state index contributed by atoms with van der Waals surface area (Å²) in [5.41, 5.74) is 11.4. The molecule has 7 heteroatoms. The Morgan fingerprint density at radius 3 is 2.77 bits per heavy atom. The first-order valence-corrected chi connectivity index (χ1v) is 10.9. The highest BCUT2D eigenvalue weighted by molar-refractivity contribution is 5.99. The van der Waals surface area contributed by atoms with Gasteiger partial charge in [0.1, 0.15) is 5.69 Å². The first-order valence-electron chi connectivity index (χ1n) is 10.9. The Labute approximate surface area is 176 Å². The van der Waals surface area contributed by atoms with Gasteiger partial charge in [0.15, 0.2) is 5.82 Å². The molecule has 1 amide bonds. The number of carbonyl (C=O) groups excluding carboxylic acids is 1. The molecule has 0 radical (unpaired) electrons. The van der Waals surface area contributed by atoms with E-state index in [0.29, 0.717) is 23.8 Å². The molecule has 1 atom stereocenters. The number of rotatable bonds is 3. The molecule has 5 rings (SSSR count). The van der Waals surface area contributed by atoms with Gasteiger partial charge >= 0.3 is 0 Å². The predicted octanol–water partition coefficient (Wildman–Crippen LogP) is 2.29. The Balaban J connectivity index is 1.44. The number of amides is 1. The van der Waals surface area contributed by atoms with Crippen LogP contribution in [0.2, 0.25) is 0 Å².